The van der Waals surface area contributed by atoms with Gasteiger partial charge in [-0.25, -0.2) is 0 Å². The third-order valence-electron chi connectivity index (χ3n) is 3.83. The molecular weight excluding hydrogens is 234 g/mol. The van der Waals surface area contributed by atoms with Crippen LogP contribution in [0, 0.1) is 0 Å². The molecule has 1 amide bonds. The summed E-state index contributed by atoms with van der Waals surface area (Å²) in [5.41, 5.74) is 1.19. The molecule has 1 aromatic carbocycles. The van der Waals surface area contributed by atoms with E-state index in [1.807, 2.05) is 23.1 Å². The lowest BCUT2D eigenvalue weighted by Crippen LogP contribution is -2.40. The fourth-order valence-corrected chi connectivity index (χ4v) is 2.79. The molecule has 0 heterocycles. The fourth-order valence-electron chi connectivity index (χ4n) is 2.79. The first-order valence-electron chi connectivity index (χ1n) is 7.26. The topological polar surface area (TPSA) is 20.3 Å². The lowest BCUT2D eigenvalue weighted by Gasteiger charge is -2.32. The molecule has 19 heavy (non-hydrogen) atoms. The predicted octanol–water partition coefficient (Wildman–Crippen LogP) is 3.88. The molecule has 0 bridgehead atoms. The molecule has 2 heteroatoms. The zero-order chi connectivity index (χ0) is 13.5. The van der Waals surface area contributed by atoms with Crippen LogP contribution in [-0.2, 0) is 4.79 Å². The van der Waals surface area contributed by atoms with Gasteiger partial charge >= 0.3 is 0 Å². The average Bonchev–Trinajstić information content (AvgIpc) is 2.45. The van der Waals surface area contributed by atoms with Crippen LogP contribution in [0.1, 0.15) is 44.6 Å². The highest BCUT2D eigenvalue weighted by Crippen LogP contribution is 2.22. The molecule has 0 aliphatic heterocycles. The summed E-state index contributed by atoms with van der Waals surface area (Å²) in [6.07, 6.45) is 10.4. The minimum absolute atomic E-state index is 0.199. The van der Waals surface area contributed by atoms with Gasteiger partial charge in [-0.3, -0.25) is 4.79 Å². The molecule has 1 fully saturated rings. The Balaban J connectivity index is 1.93. The van der Waals surface area contributed by atoms with E-state index in [-0.39, 0.29) is 5.91 Å². The van der Waals surface area contributed by atoms with Crippen molar-refractivity contribution in [2.24, 2.45) is 0 Å². The summed E-state index contributed by atoms with van der Waals surface area (Å²) in [7, 11) is 0. The van der Waals surface area contributed by atoms with Crippen molar-refractivity contribution in [2.45, 2.75) is 45.1 Å². The Labute approximate surface area is 116 Å². The molecule has 2 nitrogen and oxygen atoms in total. The van der Waals surface area contributed by atoms with E-state index in [1.165, 1.54) is 37.7 Å². The Kier molecular flexibility index (Phi) is 5.20. The first kappa shape index (κ1) is 13.9. The van der Waals surface area contributed by atoms with Gasteiger partial charge in [-0.1, -0.05) is 61.7 Å². The van der Waals surface area contributed by atoms with Crippen molar-refractivity contribution in [3.8, 4) is 0 Å². The number of hydrogen-bond donors (Lipinski definition) is 0. The van der Waals surface area contributed by atoms with E-state index in [4.69, 9.17) is 0 Å². The van der Waals surface area contributed by atoms with Gasteiger partial charge in [-0.15, -0.1) is 0 Å². The van der Waals surface area contributed by atoms with Crippen LogP contribution >= 0.6 is 0 Å². The van der Waals surface area contributed by atoms with E-state index in [1.54, 1.807) is 6.92 Å². The second kappa shape index (κ2) is 7.13. The molecule has 0 saturated heterocycles. The van der Waals surface area contributed by atoms with Crippen LogP contribution in [0.5, 0.6) is 0 Å². The Hall–Kier alpha value is -1.57. The Morgan fingerprint density at radius 3 is 2.53 bits per heavy atom. The van der Waals surface area contributed by atoms with E-state index in [0.717, 1.165) is 6.54 Å². The van der Waals surface area contributed by atoms with Crippen molar-refractivity contribution < 1.29 is 4.79 Å². The van der Waals surface area contributed by atoms with E-state index in [0.29, 0.717) is 6.04 Å². The lowest BCUT2D eigenvalue weighted by atomic mass is 9.94. The van der Waals surface area contributed by atoms with Gasteiger partial charge in [-0.2, -0.15) is 0 Å². The number of nitrogens with zero attached hydrogens (tertiary/aromatic N) is 1. The van der Waals surface area contributed by atoms with Gasteiger partial charge < -0.3 is 4.90 Å². The van der Waals surface area contributed by atoms with E-state index in [2.05, 4.69) is 24.3 Å². The summed E-state index contributed by atoms with van der Waals surface area (Å²) in [6.45, 7) is 2.42. The first-order chi connectivity index (χ1) is 9.27. The Bertz CT molecular complexity index is 418. The largest absolute Gasteiger partial charge is 0.336 e. The van der Waals surface area contributed by atoms with Crippen molar-refractivity contribution >= 4 is 12.0 Å². The number of carbonyl (C=O) groups excluding carboxylic acids is 1. The zero-order valence-electron chi connectivity index (χ0n) is 11.7. The number of rotatable bonds is 4. The molecule has 1 aliphatic carbocycles. The van der Waals surface area contributed by atoms with Gasteiger partial charge in [0.15, 0.2) is 0 Å². The van der Waals surface area contributed by atoms with Gasteiger partial charge in [0.1, 0.15) is 0 Å². The van der Waals surface area contributed by atoms with Crippen LogP contribution in [0.2, 0.25) is 0 Å². The predicted molar refractivity (Wildman–Crippen MR) is 79.7 cm³/mol. The van der Waals surface area contributed by atoms with Crippen molar-refractivity contribution in [1.82, 2.24) is 4.90 Å². The molecule has 102 valence electrons. The van der Waals surface area contributed by atoms with Gasteiger partial charge in [0, 0.05) is 19.5 Å². The van der Waals surface area contributed by atoms with E-state index >= 15 is 0 Å². The Morgan fingerprint density at radius 1 is 1.21 bits per heavy atom. The molecular formula is C17H23NO. The van der Waals surface area contributed by atoms with Crippen LogP contribution in [0.25, 0.3) is 6.08 Å². The van der Waals surface area contributed by atoms with Gasteiger partial charge in [0.2, 0.25) is 5.91 Å². The monoisotopic (exact) mass is 257 g/mol. The smallest absolute Gasteiger partial charge is 0.219 e. The average molecular weight is 257 g/mol. The minimum Gasteiger partial charge on any atom is -0.336 e. The van der Waals surface area contributed by atoms with Crippen LogP contribution in [0.4, 0.5) is 0 Å². The zero-order valence-corrected chi connectivity index (χ0v) is 11.7. The van der Waals surface area contributed by atoms with Gasteiger partial charge in [-0.05, 0) is 18.4 Å². The standard InChI is InChI=1S/C17H23NO/c1-15(19)18(17-12-6-3-7-13-17)14-8-11-16-9-4-2-5-10-16/h2,4-5,8-11,17H,3,6-7,12-14H2,1H3/b11-8-. The molecule has 0 N–H and O–H groups in total. The highest BCUT2D eigenvalue weighted by molar-refractivity contribution is 5.74. The van der Waals surface area contributed by atoms with E-state index < -0.39 is 0 Å². The second-order valence-electron chi connectivity index (χ2n) is 5.28. The summed E-state index contributed by atoms with van der Waals surface area (Å²) < 4.78 is 0. The number of amides is 1. The highest BCUT2D eigenvalue weighted by Gasteiger charge is 2.21. The summed E-state index contributed by atoms with van der Waals surface area (Å²) in [4.78, 5) is 13.8. The fraction of sp³-hybridized carbons (Fsp3) is 0.471. The van der Waals surface area contributed by atoms with Crippen LogP contribution in [0.3, 0.4) is 0 Å². The second-order valence-corrected chi connectivity index (χ2v) is 5.28. The number of benzene rings is 1. The van der Waals surface area contributed by atoms with E-state index in [9.17, 15) is 4.79 Å². The van der Waals surface area contributed by atoms with Crippen molar-refractivity contribution in [3.63, 3.8) is 0 Å². The molecule has 0 radical (unpaired) electrons. The highest BCUT2D eigenvalue weighted by atomic mass is 16.2. The molecule has 2 rings (SSSR count). The van der Waals surface area contributed by atoms with Crippen LogP contribution in [-0.4, -0.2) is 23.4 Å². The maximum Gasteiger partial charge on any atom is 0.219 e. The van der Waals surface area contributed by atoms with Gasteiger partial charge in [0.25, 0.3) is 0 Å². The Morgan fingerprint density at radius 2 is 1.89 bits per heavy atom. The SMILES string of the molecule is CC(=O)N(C/C=C\c1ccccc1)C1CCCCC1. The molecule has 0 unspecified atom stereocenters. The summed E-state index contributed by atoms with van der Waals surface area (Å²) in [5, 5.41) is 0. The number of hydrogen-bond acceptors (Lipinski definition) is 1. The molecule has 1 saturated carbocycles. The first-order valence-corrected chi connectivity index (χ1v) is 7.26. The van der Waals surface area contributed by atoms with Crippen molar-refractivity contribution in [1.29, 1.82) is 0 Å². The van der Waals surface area contributed by atoms with Crippen LogP contribution in [0.15, 0.2) is 36.4 Å². The maximum absolute atomic E-state index is 11.8. The quantitative estimate of drug-likeness (QED) is 0.801. The van der Waals surface area contributed by atoms with Gasteiger partial charge in [0.05, 0.1) is 0 Å². The van der Waals surface area contributed by atoms with Crippen LogP contribution < -0.4 is 0 Å². The number of carbonyl (C=O) groups is 1. The van der Waals surface area contributed by atoms with Crippen molar-refractivity contribution in [3.05, 3.63) is 42.0 Å². The summed E-state index contributed by atoms with van der Waals surface area (Å²) in [5.74, 6) is 0.199. The molecule has 0 spiro atoms. The summed E-state index contributed by atoms with van der Waals surface area (Å²) in [6, 6.07) is 10.7. The summed E-state index contributed by atoms with van der Waals surface area (Å²) >= 11 is 0. The maximum atomic E-state index is 11.8. The third kappa shape index (κ3) is 4.23. The molecule has 0 atom stereocenters. The van der Waals surface area contributed by atoms with Crippen molar-refractivity contribution in [2.75, 3.05) is 6.54 Å². The lowest BCUT2D eigenvalue weighted by molar-refractivity contribution is -0.131. The molecule has 1 aromatic rings. The minimum atomic E-state index is 0.199. The molecule has 1 aliphatic rings. The molecule has 0 aromatic heterocycles. The third-order valence-corrected chi connectivity index (χ3v) is 3.83. The normalized spacial score (nSPS) is 16.7.